The number of carbonyl (C=O) groups excluding carboxylic acids is 2. The molecule has 0 aliphatic carbocycles. The lowest BCUT2D eigenvalue weighted by atomic mass is 10.0. The standard InChI is InChI=1S/C23H21ClN2O4.C11H13NO4/c1-13(2)29-23(27)22-16(12-28-3)20-18(11-25-22)26-17-5-4-6-19(21(17)20)30-15-9-7-14(24)8-10-15;1-14-9-4-2-3-5-10(9)15-7-8-6-12-11(13)16-8/h4-11,13,26H,12H2,1-3H3;2-5,8H,6-7H2,1H3,(H,12,13). The van der Waals surface area contributed by atoms with Crippen LogP contribution in [0.4, 0.5) is 4.79 Å². The molecule has 2 N–H and O–H groups in total. The van der Waals surface area contributed by atoms with Crippen LogP contribution in [-0.2, 0) is 20.8 Å². The van der Waals surface area contributed by atoms with Crippen molar-refractivity contribution < 1.29 is 38.0 Å². The molecule has 1 aliphatic heterocycles. The van der Waals surface area contributed by atoms with Crippen LogP contribution in [-0.4, -0.2) is 61.6 Å². The number of cyclic esters (lactones) is 1. The van der Waals surface area contributed by atoms with Crippen molar-refractivity contribution in [1.29, 1.82) is 0 Å². The number of esters is 1. The number of pyridine rings is 1. The molecule has 0 spiro atoms. The fraction of sp³-hybridized carbons (Fsp3) is 0.265. The van der Waals surface area contributed by atoms with Gasteiger partial charge in [-0.3, -0.25) is 0 Å². The van der Waals surface area contributed by atoms with Crippen molar-refractivity contribution >= 4 is 45.5 Å². The molecule has 3 heterocycles. The van der Waals surface area contributed by atoms with Crippen LogP contribution in [0.15, 0.2) is 72.9 Å². The predicted octanol–water partition coefficient (Wildman–Crippen LogP) is 7.06. The van der Waals surface area contributed by atoms with Crippen LogP contribution in [0.3, 0.4) is 0 Å². The monoisotopic (exact) mass is 647 g/mol. The zero-order chi connectivity index (χ0) is 32.6. The number of hydrogen-bond acceptors (Lipinski definition) is 9. The predicted molar refractivity (Wildman–Crippen MR) is 173 cm³/mol. The Labute approximate surface area is 270 Å². The van der Waals surface area contributed by atoms with E-state index in [1.165, 1.54) is 0 Å². The Morgan fingerprint density at radius 3 is 2.39 bits per heavy atom. The van der Waals surface area contributed by atoms with E-state index in [0.717, 1.165) is 21.8 Å². The van der Waals surface area contributed by atoms with Crippen LogP contribution >= 0.6 is 11.6 Å². The van der Waals surface area contributed by atoms with Crippen molar-refractivity contribution in [2.24, 2.45) is 0 Å². The van der Waals surface area contributed by atoms with Gasteiger partial charge in [0, 0.05) is 23.1 Å². The highest BCUT2D eigenvalue weighted by molar-refractivity contribution is 6.30. The van der Waals surface area contributed by atoms with E-state index in [9.17, 15) is 9.59 Å². The van der Waals surface area contributed by atoms with E-state index in [-0.39, 0.29) is 24.5 Å². The van der Waals surface area contributed by atoms with Crippen molar-refractivity contribution in [3.05, 3.63) is 89.2 Å². The fourth-order valence-corrected chi connectivity index (χ4v) is 4.99. The van der Waals surface area contributed by atoms with E-state index in [2.05, 4.69) is 15.3 Å². The van der Waals surface area contributed by atoms with Crippen LogP contribution < -0.4 is 19.5 Å². The lowest BCUT2D eigenvalue weighted by Gasteiger charge is -2.13. The molecule has 2 aromatic heterocycles. The second-order valence-electron chi connectivity index (χ2n) is 10.5. The van der Waals surface area contributed by atoms with Crippen LogP contribution in [0, 0.1) is 0 Å². The first-order chi connectivity index (χ1) is 22.3. The minimum absolute atomic E-state index is 0.203. The van der Waals surface area contributed by atoms with Gasteiger partial charge in [-0.05, 0) is 62.4 Å². The summed E-state index contributed by atoms with van der Waals surface area (Å²) in [6, 6.07) is 20.2. The normalized spacial score (nSPS) is 14.0. The van der Waals surface area contributed by atoms with Crippen LogP contribution in [0.2, 0.25) is 5.02 Å². The maximum Gasteiger partial charge on any atom is 0.407 e. The molecule has 0 radical (unpaired) electrons. The van der Waals surface area contributed by atoms with Gasteiger partial charge in [0.2, 0.25) is 0 Å². The third-order valence-corrected chi connectivity index (χ3v) is 7.09. The highest BCUT2D eigenvalue weighted by Crippen LogP contribution is 2.38. The zero-order valence-corrected chi connectivity index (χ0v) is 26.6. The van der Waals surface area contributed by atoms with Gasteiger partial charge in [-0.1, -0.05) is 29.8 Å². The molecule has 1 amide bonds. The number of carbonyl (C=O) groups is 2. The molecule has 46 heavy (non-hydrogen) atoms. The maximum atomic E-state index is 12.7. The van der Waals surface area contributed by atoms with Gasteiger partial charge in [-0.15, -0.1) is 0 Å². The second-order valence-corrected chi connectivity index (χ2v) is 10.9. The number of hydrogen-bond donors (Lipinski definition) is 2. The quantitative estimate of drug-likeness (QED) is 0.153. The molecule has 1 saturated heterocycles. The molecule has 11 nitrogen and oxygen atoms in total. The molecular weight excluding hydrogens is 614 g/mol. The molecule has 0 saturated carbocycles. The zero-order valence-electron chi connectivity index (χ0n) is 25.8. The SMILES string of the molecule is COCc1c(C(=O)OC(C)C)ncc2[nH]c3cccc(Oc4ccc(Cl)cc4)c3c12.COc1ccccc1OCC1CNC(=O)O1. The van der Waals surface area contributed by atoms with Gasteiger partial charge >= 0.3 is 12.1 Å². The number of para-hydroxylation sites is 2. The Kier molecular flexibility index (Phi) is 10.5. The molecule has 1 atom stereocenters. The van der Waals surface area contributed by atoms with Crippen molar-refractivity contribution in [1.82, 2.24) is 15.3 Å². The molecule has 0 bridgehead atoms. The van der Waals surface area contributed by atoms with Crippen molar-refractivity contribution in [2.75, 3.05) is 27.4 Å². The first-order valence-corrected chi connectivity index (χ1v) is 14.9. The number of aromatic nitrogens is 2. The number of nitrogens with zero attached hydrogens (tertiary/aromatic N) is 1. The number of halogens is 1. The van der Waals surface area contributed by atoms with Gasteiger partial charge in [-0.2, -0.15) is 0 Å². The fourth-order valence-electron chi connectivity index (χ4n) is 4.86. The number of nitrogens with one attached hydrogen (secondary N) is 2. The van der Waals surface area contributed by atoms with Gasteiger partial charge in [0.25, 0.3) is 0 Å². The number of alkyl carbamates (subject to hydrolysis) is 1. The minimum Gasteiger partial charge on any atom is -0.493 e. The van der Waals surface area contributed by atoms with Gasteiger partial charge in [0.1, 0.15) is 18.1 Å². The van der Waals surface area contributed by atoms with E-state index >= 15 is 0 Å². The molecule has 1 aliphatic rings. The van der Waals surface area contributed by atoms with E-state index < -0.39 is 12.1 Å². The molecule has 1 unspecified atom stereocenters. The highest BCUT2D eigenvalue weighted by atomic mass is 35.5. The van der Waals surface area contributed by atoms with Crippen LogP contribution in [0.5, 0.6) is 23.0 Å². The number of ether oxygens (including phenoxy) is 6. The second kappa shape index (κ2) is 14.9. The first kappa shape index (κ1) is 32.4. The lowest BCUT2D eigenvalue weighted by Crippen LogP contribution is -2.22. The third kappa shape index (κ3) is 7.61. The lowest BCUT2D eigenvalue weighted by molar-refractivity contribution is 0.0366. The molecule has 12 heteroatoms. The molecule has 5 aromatic rings. The summed E-state index contributed by atoms with van der Waals surface area (Å²) in [5, 5.41) is 4.86. The third-order valence-electron chi connectivity index (χ3n) is 6.83. The van der Waals surface area contributed by atoms with Crippen molar-refractivity contribution in [3.8, 4) is 23.0 Å². The Balaban J connectivity index is 0.000000219. The van der Waals surface area contributed by atoms with E-state index in [4.69, 9.17) is 40.0 Å². The van der Waals surface area contributed by atoms with Gasteiger partial charge in [0.05, 0.1) is 49.0 Å². The number of amides is 1. The summed E-state index contributed by atoms with van der Waals surface area (Å²) in [6.07, 6.45) is 0.750. The van der Waals surface area contributed by atoms with Gasteiger partial charge < -0.3 is 38.7 Å². The Morgan fingerprint density at radius 2 is 1.72 bits per heavy atom. The first-order valence-electron chi connectivity index (χ1n) is 14.5. The van der Waals surface area contributed by atoms with E-state index in [0.29, 0.717) is 46.7 Å². The average Bonchev–Trinajstić information content (AvgIpc) is 3.65. The topological polar surface area (TPSA) is 130 Å². The number of rotatable bonds is 10. The molecule has 3 aromatic carbocycles. The number of H-pyrrole nitrogens is 1. The summed E-state index contributed by atoms with van der Waals surface area (Å²) in [5.74, 6) is 2.13. The van der Waals surface area contributed by atoms with E-state index in [1.54, 1.807) is 58.5 Å². The Bertz CT molecular complexity index is 1820. The molecule has 240 valence electrons. The van der Waals surface area contributed by atoms with Gasteiger partial charge in [-0.25, -0.2) is 14.6 Å². The molecular formula is C34H34ClN3O8. The summed E-state index contributed by atoms with van der Waals surface area (Å²) in [7, 11) is 3.16. The number of methoxy groups -OCH3 is 2. The average molecular weight is 648 g/mol. The van der Waals surface area contributed by atoms with E-state index in [1.807, 2.05) is 42.5 Å². The van der Waals surface area contributed by atoms with Crippen LogP contribution in [0.1, 0.15) is 29.9 Å². The summed E-state index contributed by atoms with van der Waals surface area (Å²) in [4.78, 5) is 31.1. The summed E-state index contributed by atoms with van der Waals surface area (Å²) >= 11 is 5.98. The summed E-state index contributed by atoms with van der Waals surface area (Å²) in [6.45, 7) is 4.61. The summed E-state index contributed by atoms with van der Waals surface area (Å²) in [5.41, 5.74) is 2.54. The smallest absolute Gasteiger partial charge is 0.407 e. The van der Waals surface area contributed by atoms with Crippen molar-refractivity contribution in [2.45, 2.75) is 32.7 Å². The molecule has 6 rings (SSSR count). The largest absolute Gasteiger partial charge is 0.493 e. The van der Waals surface area contributed by atoms with Gasteiger partial charge in [0.15, 0.2) is 23.3 Å². The van der Waals surface area contributed by atoms with Crippen molar-refractivity contribution in [3.63, 3.8) is 0 Å². The maximum absolute atomic E-state index is 12.7. The number of fused-ring (bicyclic) bond motifs is 3. The number of aromatic amines is 1. The number of benzene rings is 3. The molecule has 1 fully saturated rings. The summed E-state index contributed by atoms with van der Waals surface area (Å²) < 4.78 is 32.5. The Hall–Kier alpha value is -5.00. The van der Waals surface area contributed by atoms with Crippen LogP contribution in [0.25, 0.3) is 21.8 Å². The highest BCUT2D eigenvalue weighted by Gasteiger charge is 2.24. The minimum atomic E-state index is -0.482. The Morgan fingerprint density at radius 1 is 0.978 bits per heavy atom.